The first-order chi connectivity index (χ1) is 6.86. The van der Waals surface area contributed by atoms with Gasteiger partial charge in [-0.15, -0.1) is 0 Å². The van der Waals surface area contributed by atoms with E-state index in [1.807, 2.05) is 0 Å². The van der Waals surface area contributed by atoms with Gasteiger partial charge in [0, 0.05) is 24.1 Å². The van der Waals surface area contributed by atoms with Crippen LogP contribution in [-0.2, 0) is 0 Å². The summed E-state index contributed by atoms with van der Waals surface area (Å²) in [7, 11) is 0. The molecule has 2 N–H and O–H groups in total. The van der Waals surface area contributed by atoms with Gasteiger partial charge in [0.25, 0.3) is 0 Å². The van der Waals surface area contributed by atoms with Crippen LogP contribution in [0.15, 0.2) is 0 Å². The first kappa shape index (κ1) is 12.3. The van der Waals surface area contributed by atoms with Crippen molar-refractivity contribution in [3.8, 4) is 0 Å². The molecule has 1 atom stereocenters. The van der Waals surface area contributed by atoms with E-state index in [-0.39, 0.29) is 0 Å². The largest absolute Gasteiger partial charge is 0.330 e. The Kier molecular flexibility index (Phi) is 6.65. The van der Waals surface area contributed by atoms with Gasteiger partial charge in [-0.3, -0.25) is 0 Å². The fourth-order valence-electron chi connectivity index (χ4n) is 1.89. The molecule has 0 spiro atoms. The highest BCUT2D eigenvalue weighted by Gasteiger charge is 2.17. The van der Waals surface area contributed by atoms with Crippen LogP contribution in [0.5, 0.6) is 0 Å². The molecule has 0 aromatic heterocycles. The molecule has 3 heteroatoms. The maximum atomic E-state index is 5.47. The smallest absolute Gasteiger partial charge is 0.0172 e. The summed E-state index contributed by atoms with van der Waals surface area (Å²) < 4.78 is 0. The lowest BCUT2D eigenvalue weighted by molar-refractivity contribution is 0.275. The molecule has 1 heterocycles. The summed E-state index contributed by atoms with van der Waals surface area (Å²) >= 11 is 2.15. The molecule has 2 nitrogen and oxygen atoms in total. The van der Waals surface area contributed by atoms with E-state index < -0.39 is 0 Å². The first-order valence-electron chi connectivity index (χ1n) is 5.90. The molecule has 0 aromatic rings. The Morgan fingerprint density at radius 3 is 2.93 bits per heavy atom. The average Bonchev–Trinajstić information content (AvgIpc) is 2.25. The maximum Gasteiger partial charge on any atom is 0.0172 e. The lowest BCUT2D eigenvalue weighted by Gasteiger charge is -2.31. The van der Waals surface area contributed by atoms with Gasteiger partial charge in [-0.05, 0) is 32.4 Å². The number of hydrogen-bond donors (Lipinski definition) is 1. The van der Waals surface area contributed by atoms with Crippen molar-refractivity contribution in [2.45, 2.75) is 37.9 Å². The van der Waals surface area contributed by atoms with E-state index in [9.17, 15) is 0 Å². The van der Waals surface area contributed by atoms with Crippen LogP contribution in [0.25, 0.3) is 0 Å². The minimum atomic E-state index is 0.855. The summed E-state index contributed by atoms with van der Waals surface area (Å²) in [6.45, 7) is 7.05. The van der Waals surface area contributed by atoms with Crippen LogP contribution in [0, 0.1) is 0 Å². The fraction of sp³-hybridized carbons (Fsp3) is 1.00. The summed E-state index contributed by atoms with van der Waals surface area (Å²) in [5.74, 6) is 1.33. The zero-order valence-corrected chi connectivity index (χ0v) is 10.2. The Bertz CT molecular complexity index is 141. The fourth-order valence-corrected chi connectivity index (χ4v) is 3.14. The molecule has 0 aromatic carbocycles. The molecule has 1 aliphatic heterocycles. The van der Waals surface area contributed by atoms with Gasteiger partial charge >= 0.3 is 0 Å². The topological polar surface area (TPSA) is 29.3 Å². The van der Waals surface area contributed by atoms with Crippen LogP contribution in [0.4, 0.5) is 0 Å². The zero-order valence-electron chi connectivity index (χ0n) is 9.37. The quantitative estimate of drug-likeness (QED) is 0.688. The van der Waals surface area contributed by atoms with Crippen LogP contribution in [0.2, 0.25) is 0 Å². The summed E-state index contributed by atoms with van der Waals surface area (Å²) in [6, 6.07) is 0. The Labute approximate surface area is 92.6 Å². The van der Waals surface area contributed by atoms with Gasteiger partial charge in [-0.25, -0.2) is 0 Å². The van der Waals surface area contributed by atoms with E-state index >= 15 is 0 Å². The molecule has 1 rings (SSSR count). The Hall–Kier alpha value is 0.270. The Balaban J connectivity index is 2.05. The van der Waals surface area contributed by atoms with E-state index in [1.165, 1.54) is 51.1 Å². The van der Waals surface area contributed by atoms with Crippen LogP contribution >= 0.6 is 11.8 Å². The molecule has 0 radical (unpaired) electrons. The Morgan fingerprint density at radius 2 is 2.21 bits per heavy atom. The minimum absolute atomic E-state index is 0.855. The molecule has 84 valence electrons. The lowest BCUT2D eigenvalue weighted by Crippen LogP contribution is -2.38. The normalized spacial score (nSPS) is 24.0. The summed E-state index contributed by atoms with van der Waals surface area (Å²) in [4.78, 5) is 2.63. The highest BCUT2D eigenvalue weighted by Crippen LogP contribution is 2.21. The summed E-state index contributed by atoms with van der Waals surface area (Å²) in [5.41, 5.74) is 5.47. The second-order valence-corrected chi connectivity index (χ2v) is 5.46. The predicted octanol–water partition coefficient (Wildman–Crippen LogP) is 1.94. The average molecular weight is 216 g/mol. The van der Waals surface area contributed by atoms with E-state index in [2.05, 4.69) is 23.6 Å². The van der Waals surface area contributed by atoms with E-state index in [4.69, 9.17) is 5.73 Å². The summed E-state index contributed by atoms with van der Waals surface area (Å²) in [5, 5.41) is 0.887. The third-order valence-electron chi connectivity index (χ3n) is 2.86. The van der Waals surface area contributed by atoms with Gasteiger partial charge < -0.3 is 10.6 Å². The molecule has 1 aliphatic rings. The van der Waals surface area contributed by atoms with Crippen LogP contribution in [-0.4, -0.2) is 42.1 Å². The number of hydrogen-bond acceptors (Lipinski definition) is 3. The number of thioether (sulfide) groups is 1. The molecule has 0 bridgehead atoms. The lowest BCUT2D eigenvalue weighted by atomic mass is 10.2. The molecule has 0 saturated carbocycles. The van der Waals surface area contributed by atoms with Gasteiger partial charge in [0.1, 0.15) is 0 Å². The maximum absolute atomic E-state index is 5.47. The molecular formula is C11H24N2S. The third kappa shape index (κ3) is 4.67. The van der Waals surface area contributed by atoms with Crippen molar-refractivity contribution in [3.63, 3.8) is 0 Å². The zero-order chi connectivity index (χ0) is 10.2. The number of unbranched alkanes of at least 4 members (excludes halogenated alkanes) is 2. The van der Waals surface area contributed by atoms with Gasteiger partial charge in [0.05, 0.1) is 0 Å². The SMILES string of the molecule is CCC1CN(CCCCCN)CCS1. The van der Waals surface area contributed by atoms with Gasteiger partial charge in [-0.1, -0.05) is 13.3 Å². The third-order valence-corrected chi connectivity index (χ3v) is 4.23. The van der Waals surface area contributed by atoms with Crippen molar-refractivity contribution in [1.82, 2.24) is 4.90 Å². The second kappa shape index (κ2) is 7.55. The van der Waals surface area contributed by atoms with E-state index in [0.717, 1.165) is 11.8 Å². The molecule has 14 heavy (non-hydrogen) atoms. The second-order valence-electron chi connectivity index (χ2n) is 4.05. The van der Waals surface area contributed by atoms with Gasteiger partial charge in [0.2, 0.25) is 0 Å². The Morgan fingerprint density at radius 1 is 1.36 bits per heavy atom. The highest BCUT2D eigenvalue weighted by molar-refractivity contribution is 8.00. The number of rotatable bonds is 6. The molecule has 1 unspecified atom stereocenters. The van der Waals surface area contributed by atoms with E-state index in [0.29, 0.717) is 0 Å². The van der Waals surface area contributed by atoms with Gasteiger partial charge in [0.15, 0.2) is 0 Å². The number of nitrogens with two attached hydrogens (primary N) is 1. The first-order valence-corrected chi connectivity index (χ1v) is 6.95. The molecule has 1 saturated heterocycles. The van der Waals surface area contributed by atoms with Crippen molar-refractivity contribution in [2.75, 3.05) is 31.9 Å². The van der Waals surface area contributed by atoms with Crippen molar-refractivity contribution in [3.05, 3.63) is 0 Å². The van der Waals surface area contributed by atoms with Crippen molar-refractivity contribution >= 4 is 11.8 Å². The van der Waals surface area contributed by atoms with Crippen molar-refractivity contribution in [1.29, 1.82) is 0 Å². The molecule has 0 amide bonds. The van der Waals surface area contributed by atoms with Crippen LogP contribution in [0.3, 0.4) is 0 Å². The van der Waals surface area contributed by atoms with Crippen LogP contribution < -0.4 is 5.73 Å². The highest BCUT2D eigenvalue weighted by atomic mass is 32.2. The van der Waals surface area contributed by atoms with Crippen molar-refractivity contribution in [2.24, 2.45) is 5.73 Å². The molecule has 0 aliphatic carbocycles. The summed E-state index contributed by atoms with van der Waals surface area (Å²) in [6.07, 6.45) is 5.15. The van der Waals surface area contributed by atoms with E-state index in [1.54, 1.807) is 0 Å². The molecule has 1 fully saturated rings. The predicted molar refractivity (Wildman–Crippen MR) is 65.9 cm³/mol. The standard InChI is InChI=1S/C11H24N2S/c1-2-11-10-13(8-9-14-11)7-5-3-4-6-12/h11H,2-10,12H2,1H3. The van der Waals surface area contributed by atoms with Crippen LogP contribution in [0.1, 0.15) is 32.6 Å². The van der Waals surface area contributed by atoms with Gasteiger partial charge in [-0.2, -0.15) is 11.8 Å². The number of nitrogens with zero attached hydrogens (tertiary/aromatic N) is 1. The minimum Gasteiger partial charge on any atom is -0.330 e. The molecular weight excluding hydrogens is 192 g/mol. The monoisotopic (exact) mass is 216 g/mol. The van der Waals surface area contributed by atoms with Crippen molar-refractivity contribution < 1.29 is 0 Å².